The molecule has 3 aromatic rings. The Hall–Kier alpha value is -3.81. The fourth-order valence-electron chi connectivity index (χ4n) is 6.21. The first-order valence-corrected chi connectivity index (χ1v) is 13.5. The molecular formula is C31H30F3N3O2. The maximum atomic E-state index is 13.9. The average molecular weight is 534 g/mol. The second-order valence-corrected chi connectivity index (χ2v) is 10.6. The monoisotopic (exact) mass is 533 g/mol. The Kier molecular flexibility index (Phi) is 6.36. The zero-order valence-corrected chi connectivity index (χ0v) is 21.7. The molecule has 202 valence electrons. The van der Waals surface area contributed by atoms with Gasteiger partial charge in [-0.15, -0.1) is 0 Å². The molecule has 8 heteroatoms. The quantitative estimate of drug-likeness (QED) is 0.384. The molecule has 1 atom stereocenters. The van der Waals surface area contributed by atoms with Crippen molar-refractivity contribution in [1.29, 1.82) is 0 Å². The first-order chi connectivity index (χ1) is 18.8. The van der Waals surface area contributed by atoms with E-state index in [2.05, 4.69) is 4.90 Å². The fourth-order valence-corrected chi connectivity index (χ4v) is 6.21. The van der Waals surface area contributed by atoms with E-state index in [0.29, 0.717) is 32.5 Å². The van der Waals surface area contributed by atoms with Crippen LogP contribution in [0.4, 0.5) is 18.9 Å². The highest BCUT2D eigenvalue weighted by atomic mass is 19.4. The minimum absolute atomic E-state index is 0.0324. The summed E-state index contributed by atoms with van der Waals surface area (Å²) in [5, 5.41) is 0. The lowest BCUT2D eigenvalue weighted by molar-refractivity contribution is -0.161. The van der Waals surface area contributed by atoms with Gasteiger partial charge in [0.05, 0.1) is 12.0 Å². The predicted octanol–water partition coefficient (Wildman–Crippen LogP) is 5.83. The predicted molar refractivity (Wildman–Crippen MR) is 144 cm³/mol. The molecule has 2 amide bonds. The first-order valence-electron chi connectivity index (χ1n) is 13.5. The zero-order valence-electron chi connectivity index (χ0n) is 21.7. The number of unbranched alkanes of at least 4 members (excludes halogenated alkanes) is 1. The van der Waals surface area contributed by atoms with Crippen molar-refractivity contribution < 1.29 is 22.8 Å². The number of halogens is 3. The standard InChI is InChI=1S/C31H30F3N3O2/c1-2-3-15-35(19-31(32,33)34)30(39)28-25-12-7-6-11-23(25)24-13-8-14-26(27(24)28)36-17-21(18-36)37-16-20-9-4-5-10-22(20)29(37)38/h4-14,21,28H,2-3,15-19H2,1H3. The molecule has 2 heterocycles. The SMILES string of the molecule is CCCCN(CC(F)(F)F)C(=O)C1c2ccccc2-c2cccc(N3CC(N4Cc5ccccc5C4=O)C3)c21. The van der Waals surface area contributed by atoms with Crippen LogP contribution in [0.5, 0.6) is 0 Å². The van der Waals surface area contributed by atoms with Crippen LogP contribution in [0.25, 0.3) is 11.1 Å². The van der Waals surface area contributed by atoms with Gasteiger partial charge in [0.1, 0.15) is 6.54 Å². The molecule has 1 aliphatic carbocycles. The molecule has 0 N–H and O–H groups in total. The van der Waals surface area contributed by atoms with E-state index in [-0.39, 0.29) is 18.5 Å². The number of alkyl halides is 3. The lowest BCUT2D eigenvalue weighted by Gasteiger charge is -2.46. The van der Waals surface area contributed by atoms with E-state index in [1.807, 2.05) is 78.6 Å². The van der Waals surface area contributed by atoms with E-state index in [9.17, 15) is 22.8 Å². The van der Waals surface area contributed by atoms with Crippen LogP contribution >= 0.6 is 0 Å². The van der Waals surface area contributed by atoms with Crippen LogP contribution in [-0.4, -0.2) is 60.0 Å². The van der Waals surface area contributed by atoms with Crippen molar-refractivity contribution in [2.45, 2.75) is 44.4 Å². The van der Waals surface area contributed by atoms with Crippen molar-refractivity contribution in [3.63, 3.8) is 0 Å². The maximum Gasteiger partial charge on any atom is 0.406 e. The average Bonchev–Trinajstić information content (AvgIpc) is 3.40. The highest BCUT2D eigenvalue weighted by Crippen LogP contribution is 2.50. The highest BCUT2D eigenvalue weighted by molar-refractivity contribution is 6.00. The van der Waals surface area contributed by atoms with Crippen LogP contribution in [0.1, 0.15) is 52.7 Å². The summed E-state index contributed by atoms with van der Waals surface area (Å²) in [6.07, 6.45) is -3.28. The number of rotatable bonds is 7. The Morgan fingerprint density at radius 1 is 0.949 bits per heavy atom. The van der Waals surface area contributed by atoms with Gasteiger partial charge in [0.25, 0.3) is 5.91 Å². The summed E-state index contributed by atoms with van der Waals surface area (Å²) in [5.74, 6) is -1.28. The number of carbonyl (C=O) groups is 2. The minimum atomic E-state index is -4.48. The van der Waals surface area contributed by atoms with Crippen LogP contribution in [-0.2, 0) is 11.3 Å². The van der Waals surface area contributed by atoms with Gasteiger partial charge >= 0.3 is 6.18 Å². The minimum Gasteiger partial charge on any atom is -0.367 e. The number of benzene rings is 3. The number of nitrogens with zero attached hydrogens (tertiary/aromatic N) is 3. The molecule has 5 nitrogen and oxygen atoms in total. The molecule has 1 fully saturated rings. The van der Waals surface area contributed by atoms with Gasteiger partial charge in [-0.25, -0.2) is 0 Å². The smallest absolute Gasteiger partial charge is 0.367 e. The van der Waals surface area contributed by atoms with Crippen molar-refractivity contribution in [1.82, 2.24) is 9.80 Å². The summed E-state index contributed by atoms with van der Waals surface area (Å²) in [7, 11) is 0. The Labute approximate surface area is 225 Å². The highest BCUT2D eigenvalue weighted by Gasteiger charge is 2.44. The van der Waals surface area contributed by atoms with Gasteiger partial charge in [0.15, 0.2) is 0 Å². The lowest BCUT2D eigenvalue weighted by Crippen LogP contribution is -2.59. The molecule has 3 aliphatic rings. The summed E-state index contributed by atoms with van der Waals surface area (Å²) in [6.45, 7) is 2.50. The molecule has 0 spiro atoms. The number of amides is 2. The van der Waals surface area contributed by atoms with E-state index in [0.717, 1.165) is 44.0 Å². The van der Waals surface area contributed by atoms with Crippen molar-refractivity contribution in [3.8, 4) is 11.1 Å². The third-order valence-corrected chi connectivity index (χ3v) is 8.14. The van der Waals surface area contributed by atoms with Gasteiger partial charge < -0.3 is 14.7 Å². The van der Waals surface area contributed by atoms with Gasteiger partial charge in [0, 0.05) is 43.0 Å². The molecule has 0 aromatic heterocycles. The van der Waals surface area contributed by atoms with E-state index in [4.69, 9.17) is 0 Å². The Morgan fingerprint density at radius 2 is 1.64 bits per heavy atom. The van der Waals surface area contributed by atoms with Gasteiger partial charge in [-0.1, -0.05) is 67.9 Å². The second kappa shape index (κ2) is 9.74. The molecule has 0 bridgehead atoms. The molecule has 1 unspecified atom stereocenters. The maximum absolute atomic E-state index is 13.9. The van der Waals surface area contributed by atoms with E-state index in [1.165, 1.54) is 0 Å². The van der Waals surface area contributed by atoms with Crippen molar-refractivity contribution >= 4 is 17.5 Å². The van der Waals surface area contributed by atoms with Crippen LogP contribution in [0.2, 0.25) is 0 Å². The summed E-state index contributed by atoms with van der Waals surface area (Å²) in [5.41, 5.74) is 5.91. The van der Waals surface area contributed by atoms with Crippen molar-refractivity contribution in [3.05, 3.63) is 89.0 Å². The largest absolute Gasteiger partial charge is 0.406 e. The first kappa shape index (κ1) is 25.5. The number of hydrogen-bond donors (Lipinski definition) is 0. The number of carbonyl (C=O) groups excluding carboxylic acids is 2. The number of hydrogen-bond acceptors (Lipinski definition) is 3. The lowest BCUT2D eigenvalue weighted by atomic mass is 9.92. The Morgan fingerprint density at radius 3 is 2.36 bits per heavy atom. The van der Waals surface area contributed by atoms with E-state index >= 15 is 0 Å². The van der Waals surface area contributed by atoms with Crippen molar-refractivity contribution in [2.75, 3.05) is 31.1 Å². The third kappa shape index (κ3) is 4.45. The Balaban J connectivity index is 1.31. The summed E-state index contributed by atoms with van der Waals surface area (Å²) in [4.78, 5) is 32.0. The molecule has 2 aliphatic heterocycles. The topological polar surface area (TPSA) is 43.9 Å². The molecule has 0 radical (unpaired) electrons. The van der Waals surface area contributed by atoms with Crippen LogP contribution in [0.3, 0.4) is 0 Å². The third-order valence-electron chi connectivity index (χ3n) is 8.14. The summed E-state index contributed by atoms with van der Waals surface area (Å²) >= 11 is 0. The zero-order chi connectivity index (χ0) is 27.3. The number of fused-ring (bicyclic) bond motifs is 4. The van der Waals surface area contributed by atoms with E-state index < -0.39 is 24.5 Å². The second-order valence-electron chi connectivity index (χ2n) is 10.6. The number of anilines is 1. The molecule has 6 rings (SSSR count). The fraction of sp³-hybridized carbons (Fsp3) is 0.355. The normalized spacial score (nSPS) is 18.1. The van der Waals surface area contributed by atoms with Gasteiger partial charge in [-0.05, 0) is 40.8 Å². The molecule has 39 heavy (non-hydrogen) atoms. The molecule has 0 saturated carbocycles. The molecular weight excluding hydrogens is 503 g/mol. The van der Waals surface area contributed by atoms with Gasteiger partial charge in [0.2, 0.25) is 5.91 Å². The van der Waals surface area contributed by atoms with Crippen molar-refractivity contribution in [2.24, 2.45) is 0 Å². The van der Waals surface area contributed by atoms with Crippen LogP contribution < -0.4 is 4.90 Å². The Bertz CT molecular complexity index is 1430. The summed E-state index contributed by atoms with van der Waals surface area (Å²) < 4.78 is 40.6. The van der Waals surface area contributed by atoms with Gasteiger partial charge in [-0.3, -0.25) is 9.59 Å². The summed E-state index contributed by atoms with van der Waals surface area (Å²) in [6, 6.07) is 21.0. The van der Waals surface area contributed by atoms with Crippen LogP contribution in [0.15, 0.2) is 66.7 Å². The van der Waals surface area contributed by atoms with Crippen LogP contribution in [0, 0.1) is 0 Å². The van der Waals surface area contributed by atoms with E-state index in [1.54, 1.807) is 0 Å². The molecule has 3 aromatic carbocycles. The molecule has 1 saturated heterocycles. The van der Waals surface area contributed by atoms with Gasteiger partial charge in [-0.2, -0.15) is 13.2 Å².